The molecule has 0 unspecified atom stereocenters. The summed E-state index contributed by atoms with van der Waals surface area (Å²) in [7, 11) is 0. The third kappa shape index (κ3) is 1.42. The highest BCUT2D eigenvalue weighted by atomic mass is 16.3. The second-order valence-electron chi connectivity index (χ2n) is 2.82. The van der Waals surface area contributed by atoms with Crippen LogP contribution in [-0.2, 0) is 0 Å². The summed E-state index contributed by atoms with van der Waals surface area (Å²) in [6.45, 7) is 2.81. The van der Waals surface area contributed by atoms with Crippen LogP contribution in [0.1, 0.15) is 22.8 Å². The molecule has 0 saturated carbocycles. The Kier molecular flexibility index (Phi) is 2.14. The van der Waals surface area contributed by atoms with Gasteiger partial charge in [-0.25, -0.2) is 0 Å². The number of aromatic hydroxyl groups is 3. The van der Waals surface area contributed by atoms with Crippen LogP contribution in [0.15, 0.2) is 6.07 Å². The molecule has 0 saturated heterocycles. The first-order valence-electron chi connectivity index (χ1n) is 3.70. The van der Waals surface area contributed by atoms with E-state index in [-0.39, 0.29) is 16.9 Å². The first-order valence-corrected chi connectivity index (χ1v) is 3.70. The number of hydrogen-bond donors (Lipinski definition) is 3. The van der Waals surface area contributed by atoms with Gasteiger partial charge in [-0.05, 0) is 19.9 Å². The summed E-state index contributed by atoms with van der Waals surface area (Å²) in [5.74, 6) is -1.82. The number of ketones is 1. The van der Waals surface area contributed by atoms with E-state index < -0.39 is 17.2 Å². The van der Waals surface area contributed by atoms with Crippen LogP contribution in [-0.4, -0.2) is 21.1 Å². The Labute approximate surface area is 75.1 Å². The predicted octanol–water partition coefficient (Wildman–Crippen LogP) is 1.31. The van der Waals surface area contributed by atoms with Crippen LogP contribution in [0.5, 0.6) is 17.2 Å². The zero-order chi connectivity index (χ0) is 10.2. The Morgan fingerprint density at radius 1 is 1.23 bits per heavy atom. The SMILES string of the molecule is CC(=O)c1cc(O)c(O)c(O)c1C. The van der Waals surface area contributed by atoms with Crippen LogP contribution in [0.4, 0.5) is 0 Å². The highest BCUT2D eigenvalue weighted by Gasteiger charge is 2.15. The lowest BCUT2D eigenvalue weighted by Crippen LogP contribution is -1.96. The van der Waals surface area contributed by atoms with Crippen molar-refractivity contribution in [1.82, 2.24) is 0 Å². The average Bonchev–Trinajstić information content (AvgIpc) is 2.07. The van der Waals surface area contributed by atoms with Gasteiger partial charge in [-0.3, -0.25) is 4.79 Å². The summed E-state index contributed by atoms with van der Waals surface area (Å²) < 4.78 is 0. The van der Waals surface area contributed by atoms with Gasteiger partial charge in [0.05, 0.1) is 0 Å². The van der Waals surface area contributed by atoms with Crippen molar-refractivity contribution in [3.63, 3.8) is 0 Å². The Bertz CT molecular complexity index is 368. The van der Waals surface area contributed by atoms with E-state index in [1.165, 1.54) is 13.8 Å². The molecule has 4 heteroatoms. The van der Waals surface area contributed by atoms with E-state index >= 15 is 0 Å². The third-order valence-electron chi connectivity index (χ3n) is 1.89. The van der Waals surface area contributed by atoms with Crippen LogP contribution in [0.2, 0.25) is 0 Å². The molecule has 0 bridgehead atoms. The summed E-state index contributed by atoms with van der Waals surface area (Å²) in [4.78, 5) is 11.0. The first-order chi connectivity index (χ1) is 5.95. The molecule has 0 fully saturated rings. The number of phenolic OH excluding ortho intramolecular Hbond substituents is 3. The van der Waals surface area contributed by atoms with Gasteiger partial charge in [0.2, 0.25) is 5.75 Å². The van der Waals surface area contributed by atoms with Gasteiger partial charge < -0.3 is 15.3 Å². The maximum absolute atomic E-state index is 11.0. The highest BCUT2D eigenvalue weighted by Crippen LogP contribution is 2.38. The highest BCUT2D eigenvalue weighted by molar-refractivity contribution is 5.97. The largest absolute Gasteiger partial charge is 0.504 e. The maximum atomic E-state index is 11.0. The zero-order valence-corrected chi connectivity index (χ0v) is 7.33. The number of carbonyl (C=O) groups is 1. The summed E-state index contributed by atoms with van der Waals surface area (Å²) in [6.07, 6.45) is 0. The molecule has 0 aliphatic rings. The maximum Gasteiger partial charge on any atom is 0.200 e. The summed E-state index contributed by atoms with van der Waals surface area (Å²) in [5, 5.41) is 27.4. The second-order valence-corrected chi connectivity index (χ2v) is 2.82. The van der Waals surface area contributed by atoms with E-state index in [1.807, 2.05) is 0 Å². The molecule has 13 heavy (non-hydrogen) atoms. The van der Waals surface area contributed by atoms with E-state index in [0.29, 0.717) is 0 Å². The van der Waals surface area contributed by atoms with Gasteiger partial charge in [-0.15, -0.1) is 0 Å². The molecule has 0 radical (unpaired) electrons. The van der Waals surface area contributed by atoms with Crippen LogP contribution < -0.4 is 0 Å². The smallest absolute Gasteiger partial charge is 0.200 e. The Balaban J connectivity index is 3.50. The summed E-state index contributed by atoms with van der Waals surface area (Å²) in [6, 6.07) is 1.13. The van der Waals surface area contributed by atoms with Gasteiger partial charge in [-0.2, -0.15) is 0 Å². The van der Waals surface area contributed by atoms with Crippen molar-refractivity contribution in [1.29, 1.82) is 0 Å². The molecular formula is C9H10O4. The molecule has 1 rings (SSSR count). The van der Waals surface area contributed by atoms with Crippen molar-refractivity contribution in [3.05, 3.63) is 17.2 Å². The fourth-order valence-electron chi connectivity index (χ4n) is 1.11. The van der Waals surface area contributed by atoms with Crippen molar-refractivity contribution < 1.29 is 20.1 Å². The Morgan fingerprint density at radius 2 is 1.77 bits per heavy atom. The van der Waals surface area contributed by atoms with Gasteiger partial charge in [0.15, 0.2) is 17.3 Å². The van der Waals surface area contributed by atoms with Crippen molar-refractivity contribution >= 4 is 5.78 Å². The minimum absolute atomic E-state index is 0.202. The van der Waals surface area contributed by atoms with E-state index in [1.54, 1.807) is 0 Å². The minimum atomic E-state index is -0.595. The van der Waals surface area contributed by atoms with Gasteiger partial charge in [-0.1, -0.05) is 0 Å². The third-order valence-corrected chi connectivity index (χ3v) is 1.89. The molecule has 0 aliphatic carbocycles. The molecule has 0 aliphatic heterocycles. The monoisotopic (exact) mass is 182 g/mol. The van der Waals surface area contributed by atoms with E-state index in [9.17, 15) is 9.90 Å². The van der Waals surface area contributed by atoms with Gasteiger partial charge in [0.25, 0.3) is 0 Å². The van der Waals surface area contributed by atoms with Gasteiger partial charge in [0.1, 0.15) is 0 Å². The van der Waals surface area contributed by atoms with E-state index in [4.69, 9.17) is 10.2 Å². The van der Waals surface area contributed by atoms with Gasteiger partial charge in [0, 0.05) is 11.1 Å². The van der Waals surface area contributed by atoms with Crippen molar-refractivity contribution in [2.24, 2.45) is 0 Å². The molecule has 0 atom stereocenters. The first kappa shape index (κ1) is 9.38. The summed E-state index contributed by atoms with van der Waals surface area (Å²) in [5.41, 5.74) is 0.468. The van der Waals surface area contributed by atoms with Crippen molar-refractivity contribution in [3.8, 4) is 17.2 Å². The fraction of sp³-hybridized carbons (Fsp3) is 0.222. The Morgan fingerprint density at radius 3 is 2.23 bits per heavy atom. The molecule has 1 aromatic carbocycles. The number of carbonyl (C=O) groups excluding carboxylic acids is 1. The second kappa shape index (κ2) is 2.97. The number of Topliss-reactive ketones (excluding diaryl/α,β-unsaturated/α-hetero) is 1. The van der Waals surface area contributed by atoms with Crippen LogP contribution in [0, 0.1) is 6.92 Å². The number of phenols is 3. The molecule has 1 aromatic rings. The molecule has 4 nitrogen and oxygen atoms in total. The predicted molar refractivity (Wildman–Crippen MR) is 46.2 cm³/mol. The van der Waals surface area contributed by atoms with E-state index in [0.717, 1.165) is 6.07 Å². The molecule has 3 N–H and O–H groups in total. The molecular weight excluding hydrogens is 172 g/mol. The van der Waals surface area contributed by atoms with Crippen LogP contribution in [0.3, 0.4) is 0 Å². The fourth-order valence-corrected chi connectivity index (χ4v) is 1.11. The average molecular weight is 182 g/mol. The van der Waals surface area contributed by atoms with Crippen molar-refractivity contribution in [2.45, 2.75) is 13.8 Å². The number of hydrogen-bond acceptors (Lipinski definition) is 4. The van der Waals surface area contributed by atoms with Crippen LogP contribution in [0.25, 0.3) is 0 Å². The zero-order valence-electron chi connectivity index (χ0n) is 7.33. The topological polar surface area (TPSA) is 77.8 Å². The van der Waals surface area contributed by atoms with E-state index in [2.05, 4.69) is 0 Å². The molecule has 0 heterocycles. The lowest BCUT2D eigenvalue weighted by molar-refractivity contribution is 0.101. The van der Waals surface area contributed by atoms with Crippen molar-refractivity contribution in [2.75, 3.05) is 0 Å². The number of benzene rings is 1. The number of rotatable bonds is 1. The molecule has 0 aromatic heterocycles. The lowest BCUT2D eigenvalue weighted by Gasteiger charge is -2.07. The standard InChI is InChI=1S/C9H10O4/c1-4-6(5(2)10)3-7(11)9(13)8(4)12/h3,11-13H,1-2H3. The van der Waals surface area contributed by atoms with Crippen LogP contribution >= 0.6 is 0 Å². The minimum Gasteiger partial charge on any atom is -0.504 e. The lowest BCUT2D eigenvalue weighted by atomic mass is 10.0. The van der Waals surface area contributed by atoms with Gasteiger partial charge >= 0.3 is 0 Å². The quantitative estimate of drug-likeness (QED) is 0.452. The molecule has 70 valence electrons. The molecule has 0 spiro atoms. The molecule has 0 amide bonds. The normalized spacial score (nSPS) is 10.0. The summed E-state index contributed by atoms with van der Waals surface area (Å²) >= 11 is 0. The Hall–Kier alpha value is -1.71.